The lowest BCUT2D eigenvalue weighted by molar-refractivity contribution is -0.122. The van der Waals surface area contributed by atoms with Crippen molar-refractivity contribution in [3.8, 4) is 11.6 Å². The van der Waals surface area contributed by atoms with Gasteiger partial charge >= 0.3 is 0 Å². The van der Waals surface area contributed by atoms with Crippen molar-refractivity contribution in [2.45, 2.75) is 11.7 Å². The van der Waals surface area contributed by atoms with Crippen molar-refractivity contribution >= 4 is 40.9 Å². The number of halogens is 1. The van der Waals surface area contributed by atoms with E-state index in [2.05, 4.69) is 20.8 Å². The predicted molar refractivity (Wildman–Crippen MR) is 127 cm³/mol. The molecule has 0 saturated heterocycles. The van der Waals surface area contributed by atoms with E-state index >= 15 is 0 Å². The molecule has 2 heterocycles. The lowest BCUT2D eigenvalue weighted by Crippen LogP contribution is -2.33. The highest BCUT2D eigenvalue weighted by molar-refractivity contribution is 7.99. The maximum atomic E-state index is 12.3. The minimum absolute atomic E-state index is 0.0826. The molecular formula is C23H20ClN5O3S. The normalized spacial score (nSPS) is 10.7. The van der Waals surface area contributed by atoms with Crippen LogP contribution in [0.1, 0.15) is 5.56 Å². The number of amides is 2. The van der Waals surface area contributed by atoms with Crippen LogP contribution in [0.2, 0.25) is 5.02 Å². The van der Waals surface area contributed by atoms with Gasteiger partial charge in [-0.1, -0.05) is 53.7 Å². The Morgan fingerprint density at radius 2 is 1.76 bits per heavy atom. The molecular weight excluding hydrogens is 462 g/mol. The Balaban J connectivity index is 1.35. The third kappa shape index (κ3) is 6.24. The molecule has 0 aliphatic heterocycles. The van der Waals surface area contributed by atoms with Crippen LogP contribution in [0.3, 0.4) is 0 Å². The summed E-state index contributed by atoms with van der Waals surface area (Å²) in [6.07, 6.45) is 1.58. The van der Waals surface area contributed by atoms with Crippen LogP contribution in [0.15, 0.2) is 82.6 Å². The van der Waals surface area contributed by atoms with E-state index in [-0.39, 0.29) is 24.1 Å². The average Bonchev–Trinajstić information content (AvgIpc) is 3.49. The first-order valence-electron chi connectivity index (χ1n) is 10.0. The van der Waals surface area contributed by atoms with Crippen molar-refractivity contribution in [2.75, 3.05) is 17.6 Å². The smallest absolute Gasteiger partial charge is 0.243 e. The molecule has 0 aliphatic rings. The summed E-state index contributed by atoms with van der Waals surface area (Å²) < 4.78 is 7.40. The number of carbonyl (C=O) groups excluding carboxylic acids is 2. The van der Waals surface area contributed by atoms with E-state index in [1.807, 2.05) is 41.0 Å². The Labute approximate surface area is 199 Å². The summed E-state index contributed by atoms with van der Waals surface area (Å²) in [5.41, 5.74) is 1.67. The molecule has 33 heavy (non-hydrogen) atoms. The predicted octanol–water partition coefficient (Wildman–Crippen LogP) is 4.09. The summed E-state index contributed by atoms with van der Waals surface area (Å²) in [6.45, 7) is 0.383. The van der Waals surface area contributed by atoms with Crippen molar-refractivity contribution in [2.24, 2.45) is 0 Å². The molecule has 0 atom stereocenters. The Hall–Kier alpha value is -3.56. The van der Waals surface area contributed by atoms with Crippen LogP contribution in [-0.2, 0) is 16.1 Å². The molecule has 0 fully saturated rings. The van der Waals surface area contributed by atoms with E-state index in [1.165, 1.54) is 11.8 Å². The number of rotatable bonds is 9. The molecule has 2 N–H and O–H groups in total. The summed E-state index contributed by atoms with van der Waals surface area (Å²) in [5, 5.41) is 15.0. The van der Waals surface area contributed by atoms with Gasteiger partial charge in [-0.05, 0) is 42.0 Å². The number of carbonyl (C=O) groups is 2. The van der Waals surface area contributed by atoms with Crippen molar-refractivity contribution in [3.63, 3.8) is 0 Å². The number of hydrogen-bond donors (Lipinski definition) is 2. The van der Waals surface area contributed by atoms with Crippen LogP contribution >= 0.6 is 23.4 Å². The zero-order valence-corrected chi connectivity index (χ0v) is 19.0. The number of furan rings is 1. The van der Waals surface area contributed by atoms with Crippen LogP contribution in [0.25, 0.3) is 11.6 Å². The van der Waals surface area contributed by atoms with Crippen molar-refractivity contribution < 1.29 is 14.0 Å². The van der Waals surface area contributed by atoms with Crippen LogP contribution in [0.5, 0.6) is 0 Å². The van der Waals surface area contributed by atoms with Crippen molar-refractivity contribution in [1.29, 1.82) is 0 Å². The highest BCUT2D eigenvalue weighted by atomic mass is 35.5. The topological polar surface area (TPSA) is 102 Å². The van der Waals surface area contributed by atoms with E-state index < -0.39 is 0 Å². The molecule has 2 aromatic heterocycles. The van der Waals surface area contributed by atoms with E-state index in [9.17, 15) is 9.59 Å². The van der Waals surface area contributed by atoms with Gasteiger partial charge in [0.25, 0.3) is 0 Å². The third-order valence-electron chi connectivity index (χ3n) is 4.55. The van der Waals surface area contributed by atoms with Gasteiger partial charge in [0, 0.05) is 10.7 Å². The van der Waals surface area contributed by atoms with Crippen LogP contribution in [0.4, 0.5) is 5.69 Å². The van der Waals surface area contributed by atoms with Crippen LogP contribution in [0, 0.1) is 0 Å². The molecule has 10 heteroatoms. The van der Waals surface area contributed by atoms with E-state index in [4.69, 9.17) is 16.0 Å². The average molecular weight is 482 g/mol. The first-order valence-corrected chi connectivity index (χ1v) is 11.4. The summed E-state index contributed by atoms with van der Waals surface area (Å²) in [7, 11) is 0. The van der Waals surface area contributed by atoms with Crippen LogP contribution in [-0.4, -0.2) is 38.9 Å². The second kappa shape index (κ2) is 10.8. The molecule has 4 rings (SSSR count). The number of nitrogens with zero attached hydrogens (tertiary/aromatic N) is 3. The van der Waals surface area contributed by atoms with Crippen LogP contribution < -0.4 is 10.6 Å². The van der Waals surface area contributed by atoms with Gasteiger partial charge in [-0.15, -0.1) is 10.2 Å². The Morgan fingerprint density at radius 3 is 2.48 bits per heavy atom. The van der Waals surface area contributed by atoms with Crippen molar-refractivity contribution in [1.82, 2.24) is 20.1 Å². The zero-order valence-electron chi connectivity index (χ0n) is 17.4. The molecule has 0 bridgehead atoms. The van der Waals surface area contributed by atoms with Gasteiger partial charge < -0.3 is 15.1 Å². The minimum Gasteiger partial charge on any atom is -0.461 e. The van der Waals surface area contributed by atoms with E-state index in [0.717, 1.165) is 5.56 Å². The van der Waals surface area contributed by atoms with Gasteiger partial charge in [0.15, 0.2) is 10.9 Å². The second-order valence-corrected chi connectivity index (χ2v) is 8.35. The maximum absolute atomic E-state index is 12.3. The lowest BCUT2D eigenvalue weighted by Gasteiger charge is -2.10. The number of thioether (sulfide) groups is 1. The molecule has 168 valence electrons. The lowest BCUT2D eigenvalue weighted by atomic mass is 10.2. The largest absolute Gasteiger partial charge is 0.461 e. The number of nitrogens with one attached hydrogen (secondary N) is 2. The Bertz CT molecular complexity index is 1210. The van der Waals surface area contributed by atoms with Gasteiger partial charge in [0.05, 0.1) is 25.1 Å². The number of hydrogen-bond acceptors (Lipinski definition) is 6. The van der Waals surface area contributed by atoms with Gasteiger partial charge in [-0.25, -0.2) is 0 Å². The number of anilines is 1. The molecule has 4 aromatic rings. The highest BCUT2D eigenvalue weighted by Gasteiger charge is 2.18. The fourth-order valence-corrected chi connectivity index (χ4v) is 3.88. The second-order valence-electron chi connectivity index (χ2n) is 6.98. The monoisotopic (exact) mass is 481 g/mol. The first-order chi connectivity index (χ1) is 16.1. The molecule has 0 spiro atoms. The summed E-state index contributed by atoms with van der Waals surface area (Å²) in [4.78, 5) is 24.4. The fourth-order valence-electron chi connectivity index (χ4n) is 2.99. The molecule has 0 radical (unpaired) electrons. The van der Waals surface area contributed by atoms with Gasteiger partial charge in [0.1, 0.15) is 0 Å². The summed E-state index contributed by atoms with van der Waals surface area (Å²) >= 11 is 7.07. The number of benzene rings is 2. The molecule has 8 nitrogen and oxygen atoms in total. The van der Waals surface area contributed by atoms with Gasteiger partial charge in [-0.2, -0.15) is 0 Å². The Morgan fingerprint density at radius 1 is 0.970 bits per heavy atom. The van der Waals surface area contributed by atoms with Gasteiger partial charge in [0.2, 0.25) is 17.6 Å². The SMILES string of the molecule is O=C(CSc1nnc(-c2ccco2)n1Cc1ccccc1)NCC(=O)Nc1ccc(Cl)cc1. The molecule has 0 saturated carbocycles. The zero-order chi connectivity index (χ0) is 23.0. The number of aromatic nitrogens is 3. The van der Waals surface area contributed by atoms with E-state index in [1.54, 1.807) is 36.6 Å². The maximum Gasteiger partial charge on any atom is 0.243 e. The third-order valence-corrected chi connectivity index (χ3v) is 5.77. The highest BCUT2D eigenvalue weighted by Crippen LogP contribution is 2.25. The molecule has 2 aromatic carbocycles. The van der Waals surface area contributed by atoms with Crippen molar-refractivity contribution in [3.05, 3.63) is 83.6 Å². The molecule has 2 amide bonds. The molecule has 0 aliphatic carbocycles. The quantitative estimate of drug-likeness (QED) is 0.349. The fraction of sp³-hybridized carbons (Fsp3) is 0.130. The molecule has 0 unspecified atom stereocenters. The van der Waals surface area contributed by atoms with E-state index in [0.29, 0.717) is 34.0 Å². The standard InChI is InChI=1S/C23H20ClN5O3S/c24-17-8-10-18(11-9-17)26-20(30)13-25-21(31)15-33-23-28-27-22(19-7-4-12-32-19)29(23)14-16-5-2-1-3-6-16/h1-12H,13-15H2,(H,25,31)(H,26,30). The van der Waals surface area contributed by atoms with Gasteiger partial charge in [-0.3, -0.25) is 14.2 Å². The summed E-state index contributed by atoms with van der Waals surface area (Å²) in [5.74, 6) is 0.630. The summed E-state index contributed by atoms with van der Waals surface area (Å²) in [6, 6.07) is 20.2. The minimum atomic E-state index is -0.331. The Kier molecular flexibility index (Phi) is 7.43. The first kappa shape index (κ1) is 22.6.